The van der Waals surface area contributed by atoms with Crippen molar-refractivity contribution >= 4 is 11.8 Å². The SMILES string of the molecule is C=CC(O)(CC=C[C@@H]1C(O)CC(=O)[C@@H]1CC=CCCCC(=O)OC)CCCC. The van der Waals surface area contributed by atoms with Crippen molar-refractivity contribution < 1.29 is 24.5 Å². The number of Topliss-reactive ketones (excluding diaryl/α,β-unsaturated/α-hetero) is 1. The van der Waals surface area contributed by atoms with Gasteiger partial charge in [0.05, 0.1) is 18.8 Å². The third-order valence-electron chi connectivity index (χ3n) is 5.44. The monoisotopic (exact) mass is 392 g/mol. The number of methoxy groups -OCH3 is 1. The Kier molecular flexibility index (Phi) is 11.0. The van der Waals surface area contributed by atoms with Crippen molar-refractivity contribution in [1.82, 2.24) is 0 Å². The summed E-state index contributed by atoms with van der Waals surface area (Å²) in [5.74, 6) is -0.611. The summed E-state index contributed by atoms with van der Waals surface area (Å²) in [4.78, 5) is 23.3. The summed E-state index contributed by atoms with van der Waals surface area (Å²) in [5, 5.41) is 20.8. The first-order valence-electron chi connectivity index (χ1n) is 10.3. The first-order valence-corrected chi connectivity index (χ1v) is 10.3. The van der Waals surface area contributed by atoms with E-state index < -0.39 is 11.7 Å². The summed E-state index contributed by atoms with van der Waals surface area (Å²) in [7, 11) is 1.38. The fourth-order valence-corrected chi connectivity index (χ4v) is 3.55. The van der Waals surface area contributed by atoms with Crippen molar-refractivity contribution in [2.24, 2.45) is 11.8 Å². The van der Waals surface area contributed by atoms with Gasteiger partial charge in [-0.05, 0) is 32.1 Å². The lowest BCUT2D eigenvalue weighted by atomic mass is 9.88. The van der Waals surface area contributed by atoms with Crippen molar-refractivity contribution in [2.45, 2.75) is 76.4 Å². The van der Waals surface area contributed by atoms with Crippen molar-refractivity contribution in [1.29, 1.82) is 0 Å². The number of hydrogen-bond acceptors (Lipinski definition) is 5. The first-order chi connectivity index (χ1) is 13.4. The van der Waals surface area contributed by atoms with E-state index in [1.807, 2.05) is 24.3 Å². The van der Waals surface area contributed by atoms with Gasteiger partial charge < -0.3 is 14.9 Å². The summed E-state index contributed by atoms with van der Waals surface area (Å²) < 4.78 is 4.60. The number of unbranched alkanes of at least 4 members (excludes halogenated alkanes) is 2. The zero-order valence-corrected chi connectivity index (χ0v) is 17.3. The Labute approximate surface area is 169 Å². The standard InChI is InChI=1S/C23H36O5/c1-4-6-15-23(27,5-2)16-11-13-19-18(20(24)17-21(19)25)12-9-7-8-10-14-22(26)28-3/h5,7,9,11,13,18-19,21,25,27H,2,4,6,8,10,12,14-17H2,1,3H3/t18-,19+,21?,23?/m1/s1. The van der Waals surface area contributed by atoms with E-state index in [0.29, 0.717) is 32.1 Å². The molecule has 5 nitrogen and oxygen atoms in total. The second-order valence-electron chi connectivity index (χ2n) is 7.64. The Morgan fingerprint density at radius 1 is 1.32 bits per heavy atom. The number of allylic oxidation sites excluding steroid dienone is 2. The molecule has 4 atom stereocenters. The van der Waals surface area contributed by atoms with Crippen LogP contribution >= 0.6 is 0 Å². The van der Waals surface area contributed by atoms with Gasteiger partial charge in [-0.15, -0.1) is 6.58 Å². The third-order valence-corrected chi connectivity index (χ3v) is 5.44. The lowest BCUT2D eigenvalue weighted by Crippen LogP contribution is -2.25. The van der Waals surface area contributed by atoms with E-state index in [4.69, 9.17) is 0 Å². The van der Waals surface area contributed by atoms with Crippen LogP contribution in [-0.4, -0.2) is 40.8 Å². The number of carbonyl (C=O) groups excluding carboxylic acids is 2. The number of ketones is 1. The molecule has 1 aliphatic rings. The molecule has 0 aliphatic heterocycles. The van der Waals surface area contributed by atoms with Crippen LogP contribution < -0.4 is 0 Å². The molecular weight excluding hydrogens is 356 g/mol. The van der Waals surface area contributed by atoms with Crippen LogP contribution in [0.1, 0.15) is 64.7 Å². The number of rotatable bonds is 13. The van der Waals surface area contributed by atoms with Crippen LogP contribution in [0, 0.1) is 11.8 Å². The van der Waals surface area contributed by atoms with E-state index in [9.17, 15) is 19.8 Å². The normalized spacial score (nSPS) is 24.7. The molecule has 158 valence electrons. The summed E-state index contributed by atoms with van der Waals surface area (Å²) in [6, 6.07) is 0. The predicted molar refractivity (Wildman–Crippen MR) is 111 cm³/mol. The van der Waals surface area contributed by atoms with Gasteiger partial charge >= 0.3 is 5.97 Å². The number of aliphatic hydroxyl groups is 2. The van der Waals surface area contributed by atoms with Crippen LogP contribution in [0.15, 0.2) is 37.0 Å². The molecule has 1 saturated carbocycles. The van der Waals surface area contributed by atoms with E-state index in [1.165, 1.54) is 7.11 Å². The lowest BCUT2D eigenvalue weighted by Gasteiger charge is -2.23. The largest absolute Gasteiger partial charge is 0.469 e. The zero-order valence-electron chi connectivity index (χ0n) is 17.3. The lowest BCUT2D eigenvalue weighted by molar-refractivity contribution is -0.140. The summed E-state index contributed by atoms with van der Waals surface area (Å²) >= 11 is 0. The minimum atomic E-state index is -0.935. The average Bonchev–Trinajstić information content (AvgIpc) is 2.95. The fourth-order valence-electron chi connectivity index (χ4n) is 3.55. The van der Waals surface area contributed by atoms with Gasteiger partial charge in [0.25, 0.3) is 0 Å². The van der Waals surface area contributed by atoms with Crippen LogP contribution in [0.2, 0.25) is 0 Å². The van der Waals surface area contributed by atoms with E-state index in [2.05, 4.69) is 18.2 Å². The van der Waals surface area contributed by atoms with Crippen LogP contribution in [-0.2, 0) is 14.3 Å². The Balaban J connectivity index is 2.57. The topological polar surface area (TPSA) is 83.8 Å². The molecule has 1 rings (SSSR count). The number of esters is 1. The smallest absolute Gasteiger partial charge is 0.305 e. The highest BCUT2D eigenvalue weighted by atomic mass is 16.5. The number of hydrogen-bond donors (Lipinski definition) is 2. The van der Waals surface area contributed by atoms with Gasteiger partial charge in [0.15, 0.2) is 0 Å². The molecule has 0 radical (unpaired) electrons. The minimum Gasteiger partial charge on any atom is -0.469 e. The second kappa shape index (κ2) is 12.7. The van der Waals surface area contributed by atoms with E-state index in [1.54, 1.807) is 6.08 Å². The van der Waals surface area contributed by atoms with Crippen molar-refractivity contribution in [3.63, 3.8) is 0 Å². The maximum atomic E-state index is 12.2. The highest BCUT2D eigenvalue weighted by Crippen LogP contribution is 2.34. The van der Waals surface area contributed by atoms with Crippen LogP contribution in [0.25, 0.3) is 0 Å². The minimum absolute atomic E-state index is 0.0753. The molecule has 1 fully saturated rings. The average molecular weight is 393 g/mol. The van der Waals surface area contributed by atoms with Crippen LogP contribution in [0.5, 0.6) is 0 Å². The van der Waals surface area contributed by atoms with Crippen LogP contribution in [0.4, 0.5) is 0 Å². The highest BCUT2D eigenvalue weighted by molar-refractivity contribution is 5.84. The van der Waals surface area contributed by atoms with Crippen molar-refractivity contribution in [3.8, 4) is 0 Å². The van der Waals surface area contributed by atoms with E-state index in [0.717, 1.165) is 19.3 Å². The van der Waals surface area contributed by atoms with Gasteiger partial charge in [-0.3, -0.25) is 9.59 Å². The van der Waals surface area contributed by atoms with Gasteiger partial charge in [0.1, 0.15) is 5.78 Å². The summed E-state index contributed by atoms with van der Waals surface area (Å²) in [5.41, 5.74) is -0.935. The molecule has 2 unspecified atom stereocenters. The quantitative estimate of drug-likeness (QED) is 0.282. The molecule has 0 spiro atoms. The highest BCUT2D eigenvalue weighted by Gasteiger charge is 2.39. The molecule has 0 saturated heterocycles. The molecular formula is C23H36O5. The second-order valence-corrected chi connectivity index (χ2v) is 7.64. The van der Waals surface area contributed by atoms with E-state index in [-0.39, 0.29) is 30.0 Å². The maximum absolute atomic E-state index is 12.2. The number of aliphatic hydroxyl groups excluding tert-OH is 1. The van der Waals surface area contributed by atoms with Gasteiger partial charge in [-0.2, -0.15) is 0 Å². The molecule has 0 bridgehead atoms. The third kappa shape index (κ3) is 8.11. The van der Waals surface area contributed by atoms with Crippen molar-refractivity contribution in [3.05, 3.63) is 37.0 Å². The van der Waals surface area contributed by atoms with Gasteiger partial charge in [0.2, 0.25) is 0 Å². The zero-order chi connectivity index (χ0) is 21.0. The van der Waals surface area contributed by atoms with Crippen molar-refractivity contribution in [2.75, 3.05) is 7.11 Å². The molecule has 2 N–H and O–H groups in total. The Bertz CT molecular complexity index is 565. The van der Waals surface area contributed by atoms with Gasteiger partial charge in [-0.1, -0.05) is 50.1 Å². The summed E-state index contributed by atoms with van der Waals surface area (Å²) in [6.45, 7) is 5.81. The number of carbonyl (C=O) groups is 2. The first kappa shape index (κ1) is 24.3. The van der Waals surface area contributed by atoms with Gasteiger partial charge in [0, 0.05) is 24.7 Å². The molecule has 0 aromatic heterocycles. The Morgan fingerprint density at radius 3 is 2.71 bits per heavy atom. The fraction of sp³-hybridized carbons (Fsp3) is 0.652. The van der Waals surface area contributed by atoms with E-state index >= 15 is 0 Å². The maximum Gasteiger partial charge on any atom is 0.305 e. The summed E-state index contributed by atoms with van der Waals surface area (Å²) in [6.07, 6.45) is 14.2. The number of ether oxygens (including phenoxy) is 1. The molecule has 1 aliphatic carbocycles. The molecule has 0 aromatic rings. The molecule has 0 heterocycles. The molecule has 0 aromatic carbocycles. The molecule has 28 heavy (non-hydrogen) atoms. The van der Waals surface area contributed by atoms with Crippen LogP contribution in [0.3, 0.4) is 0 Å². The Hall–Kier alpha value is -1.72. The Morgan fingerprint density at radius 2 is 2.07 bits per heavy atom. The van der Waals surface area contributed by atoms with Gasteiger partial charge in [-0.25, -0.2) is 0 Å². The molecule has 5 heteroatoms. The predicted octanol–water partition coefficient (Wildman–Crippen LogP) is 3.90. The molecule has 0 amide bonds.